The number of ether oxygens (including phenoxy) is 1. The van der Waals surface area contributed by atoms with Crippen LogP contribution in [0.15, 0.2) is 0 Å². The normalized spacial score (nSPS) is 19.2. The highest BCUT2D eigenvalue weighted by Crippen LogP contribution is 2.27. The fourth-order valence-electron chi connectivity index (χ4n) is 1.58. The smallest absolute Gasteiger partial charge is 0.293 e. The van der Waals surface area contributed by atoms with E-state index in [4.69, 9.17) is 0 Å². The Labute approximate surface area is 61.6 Å². The Morgan fingerprint density at radius 3 is 2.70 bits per heavy atom. The second kappa shape index (κ2) is 4.31. The number of hydrogen-bond donors (Lipinski definition) is 0. The molecule has 0 aromatic rings. The molecule has 1 saturated carbocycles. The molecular formula is C8H14O2. The molecule has 2 heteroatoms. The molecule has 0 radical (unpaired) electrons. The van der Waals surface area contributed by atoms with E-state index in [2.05, 4.69) is 4.74 Å². The Balaban J connectivity index is 1.96. The average molecular weight is 142 g/mol. The largest absolute Gasteiger partial charge is 0.468 e. The van der Waals surface area contributed by atoms with Crippen LogP contribution >= 0.6 is 0 Å². The first-order valence-corrected chi connectivity index (χ1v) is 3.98. The van der Waals surface area contributed by atoms with Crippen molar-refractivity contribution in [3.63, 3.8) is 0 Å². The maximum absolute atomic E-state index is 9.76. The first-order chi connectivity index (χ1) is 4.93. The lowest BCUT2D eigenvalue weighted by Gasteiger charge is -2.05. The first kappa shape index (κ1) is 7.58. The van der Waals surface area contributed by atoms with Crippen LogP contribution in [0.4, 0.5) is 0 Å². The van der Waals surface area contributed by atoms with E-state index in [1.54, 1.807) is 0 Å². The summed E-state index contributed by atoms with van der Waals surface area (Å²) in [4.78, 5) is 9.76. The Kier molecular flexibility index (Phi) is 3.27. The zero-order chi connectivity index (χ0) is 7.23. The predicted molar refractivity (Wildman–Crippen MR) is 38.6 cm³/mol. The minimum absolute atomic E-state index is 0.537. The van der Waals surface area contributed by atoms with Crippen molar-refractivity contribution in [1.29, 1.82) is 0 Å². The standard InChI is InChI=1S/C8H14O2/c9-7-10-6-5-8-3-1-2-4-8/h7-8H,1-6H2. The Morgan fingerprint density at radius 1 is 1.40 bits per heavy atom. The van der Waals surface area contributed by atoms with E-state index in [-0.39, 0.29) is 0 Å². The molecule has 0 aliphatic heterocycles. The van der Waals surface area contributed by atoms with Crippen LogP contribution in [0.3, 0.4) is 0 Å². The van der Waals surface area contributed by atoms with Crippen LogP contribution in [0.25, 0.3) is 0 Å². The molecule has 1 aliphatic rings. The van der Waals surface area contributed by atoms with E-state index in [9.17, 15) is 4.79 Å². The van der Waals surface area contributed by atoms with Crippen LogP contribution in [-0.4, -0.2) is 13.1 Å². The fourth-order valence-corrected chi connectivity index (χ4v) is 1.58. The summed E-state index contributed by atoms with van der Waals surface area (Å²) in [5.74, 6) is 0.833. The number of carbonyl (C=O) groups excluding carboxylic acids is 1. The van der Waals surface area contributed by atoms with Crippen LogP contribution in [0, 0.1) is 5.92 Å². The highest BCUT2D eigenvalue weighted by atomic mass is 16.5. The van der Waals surface area contributed by atoms with Gasteiger partial charge in [0.2, 0.25) is 0 Å². The van der Waals surface area contributed by atoms with Gasteiger partial charge in [0.25, 0.3) is 6.47 Å². The van der Waals surface area contributed by atoms with Crippen molar-refractivity contribution in [3.05, 3.63) is 0 Å². The van der Waals surface area contributed by atoms with Gasteiger partial charge in [0, 0.05) is 0 Å². The molecule has 0 bridgehead atoms. The van der Waals surface area contributed by atoms with Gasteiger partial charge in [-0.1, -0.05) is 25.7 Å². The SMILES string of the molecule is O=COCCC1CCCC1. The quantitative estimate of drug-likeness (QED) is 0.441. The highest BCUT2D eigenvalue weighted by molar-refractivity contribution is 5.36. The summed E-state index contributed by atoms with van der Waals surface area (Å²) >= 11 is 0. The molecule has 2 nitrogen and oxygen atoms in total. The highest BCUT2D eigenvalue weighted by Gasteiger charge is 2.13. The summed E-state index contributed by atoms with van der Waals surface area (Å²) < 4.78 is 4.61. The van der Waals surface area contributed by atoms with Gasteiger partial charge in [0.05, 0.1) is 6.61 Å². The van der Waals surface area contributed by atoms with Gasteiger partial charge in [-0.2, -0.15) is 0 Å². The molecule has 0 amide bonds. The summed E-state index contributed by atoms with van der Waals surface area (Å²) in [5.41, 5.74) is 0. The molecule has 0 aromatic carbocycles. The van der Waals surface area contributed by atoms with Gasteiger partial charge < -0.3 is 4.74 Å². The number of carbonyl (C=O) groups is 1. The van der Waals surface area contributed by atoms with Crippen molar-refractivity contribution in [3.8, 4) is 0 Å². The average Bonchev–Trinajstić information content (AvgIpc) is 2.41. The maximum atomic E-state index is 9.76. The minimum atomic E-state index is 0.537. The minimum Gasteiger partial charge on any atom is -0.468 e. The molecule has 0 unspecified atom stereocenters. The summed E-state index contributed by atoms with van der Waals surface area (Å²) in [6.07, 6.45) is 6.47. The number of rotatable bonds is 4. The molecule has 58 valence electrons. The van der Waals surface area contributed by atoms with Gasteiger partial charge in [-0.05, 0) is 12.3 Å². The van der Waals surface area contributed by atoms with Crippen molar-refractivity contribution < 1.29 is 9.53 Å². The molecule has 10 heavy (non-hydrogen) atoms. The molecule has 1 fully saturated rings. The molecule has 1 aliphatic carbocycles. The fraction of sp³-hybridized carbons (Fsp3) is 0.875. The van der Waals surface area contributed by atoms with Gasteiger partial charge >= 0.3 is 0 Å². The monoisotopic (exact) mass is 142 g/mol. The molecule has 0 N–H and O–H groups in total. The van der Waals surface area contributed by atoms with Crippen LogP contribution in [0.5, 0.6) is 0 Å². The van der Waals surface area contributed by atoms with Gasteiger partial charge in [-0.3, -0.25) is 4.79 Å². The van der Waals surface area contributed by atoms with Crippen molar-refractivity contribution in [2.24, 2.45) is 5.92 Å². The third kappa shape index (κ3) is 2.38. The van der Waals surface area contributed by atoms with Crippen LogP contribution in [-0.2, 0) is 9.53 Å². The second-order valence-electron chi connectivity index (χ2n) is 2.91. The topological polar surface area (TPSA) is 26.3 Å². The lowest BCUT2D eigenvalue weighted by molar-refractivity contribution is -0.129. The van der Waals surface area contributed by atoms with Crippen LogP contribution < -0.4 is 0 Å². The molecule has 0 spiro atoms. The maximum Gasteiger partial charge on any atom is 0.293 e. The van der Waals surface area contributed by atoms with Gasteiger partial charge in [-0.25, -0.2) is 0 Å². The predicted octanol–water partition coefficient (Wildman–Crippen LogP) is 1.74. The van der Waals surface area contributed by atoms with E-state index < -0.39 is 0 Å². The van der Waals surface area contributed by atoms with Crippen LogP contribution in [0.1, 0.15) is 32.1 Å². The van der Waals surface area contributed by atoms with E-state index in [1.807, 2.05) is 0 Å². The van der Waals surface area contributed by atoms with Gasteiger partial charge in [0.1, 0.15) is 0 Å². The summed E-state index contributed by atoms with van der Waals surface area (Å²) in [5, 5.41) is 0. The van der Waals surface area contributed by atoms with Crippen molar-refractivity contribution >= 4 is 6.47 Å². The van der Waals surface area contributed by atoms with E-state index in [1.165, 1.54) is 25.7 Å². The first-order valence-electron chi connectivity index (χ1n) is 3.98. The van der Waals surface area contributed by atoms with Gasteiger partial charge in [-0.15, -0.1) is 0 Å². The molecule has 1 rings (SSSR count). The Bertz CT molecular complexity index is 95.4. The molecule has 0 aromatic heterocycles. The molecular weight excluding hydrogens is 128 g/mol. The third-order valence-corrected chi connectivity index (χ3v) is 2.19. The van der Waals surface area contributed by atoms with E-state index in [0.717, 1.165) is 12.3 Å². The summed E-state index contributed by atoms with van der Waals surface area (Å²) in [6.45, 7) is 1.16. The van der Waals surface area contributed by atoms with Crippen molar-refractivity contribution in [2.75, 3.05) is 6.61 Å². The van der Waals surface area contributed by atoms with E-state index >= 15 is 0 Å². The van der Waals surface area contributed by atoms with Crippen LogP contribution in [0.2, 0.25) is 0 Å². The van der Waals surface area contributed by atoms with Crippen molar-refractivity contribution in [1.82, 2.24) is 0 Å². The van der Waals surface area contributed by atoms with E-state index in [0.29, 0.717) is 13.1 Å². The lowest BCUT2D eigenvalue weighted by Crippen LogP contribution is -1.99. The lowest BCUT2D eigenvalue weighted by atomic mass is 10.1. The molecule has 0 saturated heterocycles. The Hall–Kier alpha value is -0.530. The summed E-state index contributed by atoms with van der Waals surface area (Å²) in [7, 11) is 0. The van der Waals surface area contributed by atoms with Crippen molar-refractivity contribution in [2.45, 2.75) is 32.1 Å². The molecule has 0 atom stereocenters. The zero-order valence-corrected chi connectivity index (χ0v) is 6.21. The number of hydrogen-bond acceptors (Lipinski definition) is 2. The van der Waals surface area contributed by atoms with Gasteiger partial charge in [0.15, 0.2) is 0 Å². The zero-order valence-electron chi connectivity index (χ0n) is 6.21. The third-order valence-electron chi connectivity index (χ3n) is 2.19. The Morgan fingerprint density at radius 2 is 2.10 bits per heavy atom. The second-order valence-corrected chi connectivity index (χ2v) is 2.91. The molecule has 0 heterocycles. The summed E-state index contributed by atoms with van der Waals surface area (Å²) in [6, 6.07) is 0.